The molecule has 194 valence electrons. The second-order valence-electron chi connectivity index (χ2n) is 10.2. The average molecular weight is 545 g/mol. The summed E-state index contributed by atoms with van der Waals surface area (Å²) in [6, 6.07) is 44.8. The van der Waals surface area contributed by atoms with Gasteiger partial charge in [0.2, 0.25) is 0 Å². The van der Waals surface area contributed by atoms with E-state index in [0.29, 0.717) is 0 Å². The number of aromatic nitrogens is 4. The first-order chi connectivity index (χ1) is 20.2. The molecule has 0 aliphatic rings. The molecule has 0 aliphatic carbocycles. The molecule has 8 rings (SSSR count). The lowest BCUT2D eigenvalue weighted by molar-refractivity contribution is 1.18. The Morgan fingerprint density at radius 1 is 0.561 bits per heavy atom. The molecule has 8 aromatic rings. The van der Waals surface area contributed by atoms with Gasteiger partial charge in [0.05, 0.1) is 16.6 Å². The average Bonchev–Trinajstić information content (AvgIpc) is 3.64. The van der Waals surface area contributed by atoms with E-state index in [1.54, 1.807) is 0 Å². The molecule has 5 aromatic carbocycles. The lowest BCUT2D eigenvalue weighted by atomic mass is 10.1. The fraction of sp³-hybridized carbons (Fsp3) is 0.0278. The molecule has 3 heterocycles. The Labute approximate surface area is 241 Å². The first-order valence-corrected chi connectivity index (χ1v) is 14.4. The molecule has 0 radical (unpaired) electrons. The van der Waals surface area contributed by atoms with E-state index >= 15 is 0 Å². The molecule has 0 N–H and O–H groups in total. The largest absolute Gasteiger partial charge is 0.309 e. The van der Waals surface area contributed by atoms with Gasteiger partial charge in [0.25, 0.3) is 0 Å². The maximum Gasteiger partial charge on any atom is 0.173 e. The number of aryl methyl sites for hydroxylation is 1. The Hall–Kier alpha value is -5.13. The van der Waals surface area contributed by atoms with Gasteiger partial charge in [-0.15, -0.1) is 0 Å². The fourth-order valence-corrected chi connectivity index (χ4v) is 6.44. The predicted molar refractivity (Wildman–Crippen MR) is 171 cm³/mol. The van der Waals surface area contributed by atoms with Crippen LogP contribution >= 0.6 is 11.5 Å². The van der Waals surface area contributed by atoms with Gasteiger partial charge >= 0.3 is 0 Å². The molecule has 0 saturated heterocycles. The van der Waals surface area contributed by atoms with Crippen LogP contribution in [0.2, 0.25) is 0 Å². The smallest absolute Gasteiger partial charge is 0.173 e. The second-order valence-corrected chi connectivity index (χ2v) is 11.0. The van der Waals surface area contributed by atoms with E-state index in [4.69, 9.17) is 14.3 Å². The van der Waals surface area contributed by atoms with Crippen LogP contribution < -0.4 is 0 Å². The minimum atomic E-state index is 0.744. The van der Waals surface area contributed by atoms with Gasteiger partial charge in [0.1, 0.15) is 5.01 Å². The molecule has 41 heavy (non-hydrogen) atoms. The number of nitrogens with zero attached hydrogens (tertiary/aromatic N) is 4. The van der Waals surface area contributed by atoms with Gasteiger partial charge in [-0.3, -0.25) is 4.98 Å². The van der Waals surface area contributed by atoms with Crippen LogP contribution in [0.3, 0.4) is 0 Å². The molecule has 0 bridgehead atoms. The van der Waals surface area contributed by atoms with Crippen molar-refractivity contribution >= 4 is 44.2 Å². The molecular formula is C36H24N4S. The third kappa shape index (κ3) is 4.01. The van der Waals surface area contributed by atoms with Crippen LogP contribution in [-0.2, 0) is 0 Å². The minimum absolute atomic E-state index is 0.744. The van der Waals surface area contributed by atoms with Crippen molar-refractivity contribution in [2.45, 2.75) is 6.92 Å². The molecule has 5 heteroatoms. The van der Waals surface area contributed by atoms with Crippen LogP contribution in [0.4, 0.5) is 0 Å². The van der Waals surface area contributed by atoms with E-state index in [-0.39, 0.29) is 0 Å². The van der Waals surface area contributed by atoms with Crippen molar-refractivity contribution < 1.29 is 0 Å². The van der Waals surface area contributed by atoms with Crippen molar-refractivity contribution in [2.24, 2.45) is 0 Å². The number of hydrogen-bond acceptors (Lipinski definition) is 4. The Kier molecular flexibility index (Phi) is 5.50. The summed E-state index contributed by atoms with van der Waals surface area (Å²) in [6.45, 7) is 2.02. The highest BCUT2D eigenvalue weighted by Crippen LogP contribution is 2.36. The number of hydrogen-bond donors (Lipinski definition) is 0. The van der Waals surface area contributed by atoms with Crippen molar-refractivity contribution in [3.63, 3.8) is 0 Å². The Morgan fingerprint density at radius 2 is 1.32 bits per heavy atom. The van der Waals surface area contributed by atoms with E-state index in [1.807, 2.05) is 31.2 Å². The zero-order valence-corrected chi connectivity index (χ0v) is 23.1. The molecule has 0 amide bonds. The van der Waals surface area contributed by atoms with Gasteiger partial charge in [-0.05, 0) is 78.1 Å². The summed E-state index contributed by atoms with van der Waals surface area (Å²) in [7, 11) is 0. The van der Waals surface area contributed by atoms with E-state index < -0.39 is 0 Å². The van der Waals surface area contributed by atoms with Crippen molar-refractivity contribution in [3.8, 4) is 38.8 Å². The maximum absolute atomic E-state index is 4.99. The topological polar surface area (TPSA) is 43.6 Å². The SMILES string of the molecule is Cc1ccc2c(-c3nc(-c4ccc5c(c4)c4ccccc4n5-c4ccc(-c5ccccc5)cc4)ns3)cccc2n1. The molecule has 4 nitrogen and oxygen atoms in total. The zero-order chi connectivity index (χ0) is 27.3. The third-order valence-corrected chi connectivity index (χ3v) is 8.44. The Morgan fingerprint density at radius 3 is 2.20 bits per heavy atom. The summed E-state index contributed by atoms with van der Waals surface area (Å²) in [4.78, 5) is 9.68. The summed E-state index contributed by atoms with van der Waals surface area (Å²) in [5.41, 5.74) is 9.96. The van der Waals surface area contributed by atoms with Gasteiger partial charge in [0.15, 0.2) is 5.82 Å². The minimum Gasteiger partial charge on any atom is -0.309 e. The first-order valence-electron chi connectivity index (χ1n) is 13.6. The van der Waals surface area contributed by atoms with Gasteiger partial charge in [-0.2, -0.15) is 4.37 Å². The second kappa shape index (κ2) is 9.51. The van der Waals surface area contributed by atoms with Crippen LogP contribution in [0.1, 0.15) is 5.69 Å². The lowest BCUT2D eigenvalue weighted by Gasteiger charge is -2.09. The highest BCUT2D eigenvalue weighted by molar-refractivity contribution is 7.09. The van der Waals surface area contributed by atoms with Crippen molar-refractivity contribution in [2.75, 3.05) is 0 Å². The van der Waals surface area contributed by atoms with Crippen LogP contribution in [-0.4, -0.2) is 18.9 Å². The maximum atomic E-state index is 4.99. The van der Waals surface area contributed by atoms with E-state index in [0.717, 1.165) is 49.8 Å². The van der Waals surface area contributed by atoms with Gasteiger partial charge in [-0.25, -0.2) is 4.98 Å². The molecule has 0 saturated carbocycles. The number of fused-ring (bicyclic) bond motifs is 4. The molecule has 3 aromatic heterocycles. The number of benzene rings is 5. The Bertz CT molecular complexity index is 2210. The highest BCUT2D eigenvalue weighted by atomic mass is 32.1. The molecule has 0 unspecified atom stereocenters. The van der Waals surface area contributed by atoms with Crippen LogP contribution in [0, 0.1) is 6.92 Å². The van der Waals surface area contributed by atoms with Crippen LogP contribution in [0.25, 0.3) is 71.5 Å². The van der Waals surface area contributed by atoms with Crippen LogP contribution in [0.5, 0.6) is 0 Å². The lowest BCUT2D eigenvalue weighted by Crippen LogP contribution is -1.93. The van der Waals surface area contributed by atoms with Crippen molar-refractivity contribution in [1.82, 2.24) is 18.9 Å². The first kappa shape index (κ1) is 23.7. The molecule has 0 aliphatic heterocycles. The summed E-state index contributed by atoms with van der Waals surface area (Å²) in [5, 5.41) is 4.39. The highest BCUT2D eigenvalue weighted by Gasteiger charge is 2.16. The van der Waals surface area contributed by atoms with Crippen molar-refractivity contribution in [3.05, 3.63) is 133 Å². The standard InChI is InChI=1S/C36H24N4S/c1-23-14-20-28-30(11-7-12-32(28)37-23)36-38-35(39-41-36)26-17-21-34-31(22-26)29-10-5-6-13-33(29)40(34)27-18-15-25(16-19-27)24-8-3-2-4-9-24/h2-22H,1H3. The summed E-state index contributed by atoms with van der Waals surface area (Å²) in [6.07, 6.45) is 0. The zero-order valence-electron chi connectivity index (χ0n) is 22.3. The number of para-hydroxylation sites is 1. The molecule has 0 spiro atoms. The number of rotatable bonds is 4. The van der Waals surface area contributed by atoms with E-state index in [1.165, 1.54) is 38.9 Å². The van der Waals surface area contributed by atoms with E-state index in [2.05, 4.69) is 108 Å². The fourth-order valence-electron chi connectivity index (χ4n) is 5.72. The third-order valence-electron chi connectivity index (χ3n) is 7.69. The van der Waals surface area contributed by atoms with Crippen molar-refractivity contribution in [1.29, 1.82) is 0 Å². The summed E-state index contributed by atoms with van der Waals surface area (Å²) in [5.74, 6) is 0.744. The quantitative estimate of drug-likeness (QED) is 0.222. The monoisotopic (exact) mass is 544 g/mol. The summed E-state index contributed by atoms with van der Waals surface area (Å²) < 4.78 is 7.12. The van der Waals surface area contributed by atoms with E-state index in [9.17, 15) is 0 Å². The molecular weight excluding hydrogens is 520 g/mol. The van der Waals surface area contributed by atoms with Gasteiger partial charge in [-0.1, -0.05) is 78.9 Å². The normalized spacial score (nSPS) is 11.5. The number of pyridine rings is 1. The summed E-state index contributed by atoms with van der Waals surface area (Å²) >= 11 is 1.43. The molecule has 0 fully saturated rings. The molecule has 0 atom stereocenters. The van der Waals surface area contributed by atoms with Gasteiger partial charge < -0.3 is 4.57 Å². The Balaban J connectivity index is 1.22. The predicted octanol–water partition coefficient (Wildman–Crippen LogP) is 9.49. The van der Waals surface area contributed by atoms with Gasteiger partial charge in [0, 0.05) is 38.7 Å². The van der Waals surface area contributed by atoms with Crippen LogP contribution in [0.15, 0.2) is 127 Å².